The van der Waals surface area contributed by atoms with E-state index in [4.69, 9.17) is 10.5 Å². The van der Waals surface area contributed by atoms with Crippen molar-refractivity contribution in [3.05, 3.63) is 59.7 Å². The van der Waals surface area contributed by atoms with E-state index in [1.807, 2.05) is 36.4 Å². The molecule has 0 aliphatic rings. The number of hydrogen-bond acceptors (Lipinski definition) is 4. The van der Waals surface area contributed by atoms with Crippen LogP contribution in [0.25, 0.3) is 0 Å². The maximum absolute atomic E-state index is 11.9. The second-order valence-electron chi connectivity index (χ2n) is 6.92. The van der Waals surface area contributed by atoms with E-state index in [1.54, 1.807) is 19.1 Å². The first-order valence-electron chi connectivity index (χ1n) is 8.18. The molecule has 2 aromatic rings. The quantitative estimate of drug-likeness (QED) is 0.497. The highest BCUT2D eigenvalue weighted by atomic mass is 16.5. The van der Waals surface area contributed by atoms with Crippen LogP contribution in [0, 0.1) is 0 Å². The molecule has 3 N–H and O–H groups in total. The number of nitrogen functional groups attached to an aromatic ring is 1. The van der Waals surface area contributed by atoms with Crippen LogP contribution in [-0.2, 0) is 10.2 Å². The lowest BCUT2D eigenvalue weighted by Gasteiger charge is -2.19. The Morgan fingerprint density at radius 2 is 1.84 bits per heavy atom. The molecule has 25 heavy (non-hydrogen) atoms. The van der Waals surface area contributed by atoms with Crippen LogP contribution in [0.1, 0.15) is 38.8 Å². The van der Waals surface area contributed by atoms with Gasteiger partial charge in [-0.05, 0) is 47.7 Å². The van der Waals surface area contributed by atoms with Crippen LogP contribution < -0.4 is 15.9 Å². The van der Waals surface area contributed by atoms with Gasteiger partial charge in [0.1, 0.15) is 5.75 Å². The number of anilines is 1. The second kappa shape index (κ2) is 7.83. The van der Waals surface area contributed by atoms with Crippen LogP contribution in [0.15, 0.2) is 53.6 Å². The van der Waals surface area contributed by atoms with Gasteiger partial charge in [-0.1, -0.05) is 45.0 Å². The number of amides is 1. The summed E-state index contributed by atoms with van der Waals surface area (Å²) in [6.45, 7) is 8.16. The largest absolute Gasteiger partial charge is 0.484 e. The molecule has 0 radical (unpaired) electrons. The molecule has 0 bridgehead atoms. The molecule has 0 spiro atoms. The summed E-state index contributed by atoms with van der Waals surface area (Å²) < 4.78 is 5.49. The summed E-state index contributed by atoms with van der Waals surface area (Å²) in [4.78, 5) is 11.9. The Kier molecular flexibility index (Phi) is 5.80. The van der Waals surface area contributed by atoms with Crippen LogP contribution in [0.3, 0.4) is 0 Å². The van der Waals surface area contributed by atoms with Crippen molar-refractivity contribution in [1.29, 1.82) is 0 Å². The highest BCUT2D eigenvalue weighted by molar-refractivity contribution is 5.99. The van der Waals surface area contributed by atoms with Gasteiger partial charge in [0.2, 0.25) is 0 Å². The number of ether oxygens (including phenoxy) is 1. The fourth-order valence-electron chi connectivity index (χ4n) is 2.21. The summed E-state index contributed by atoms with van der Waals surface area (Å²) in [6.07, 6.45) is 0. The van der Waals surface area contributed by atoms with Gasteiger partial charge in [-0.2, -0.15) is 5.10 Å². The Balaban J connectivity index is 1.87. The molecule has 5 nitrogen and oxygen atoms in total. The summed E-state index contributed by atoms with van der Waals surface area (Å²) >= 11 is 0. The molecule has 0 heterocycles. The maximum atomic E-state index is 11.9. The van der Waals surface area contributed by atoms with E-state index in [9.17, 15) is 4.79 Å². The van der Waals surface area contributed by atoms with Gasteiger partial charge in [0.15, 0.2) is 6.61 Å². The molecular formula is C20H25N3O2. The summed E-state index contributed by atoms with van der Waals surface area (Å²) in [5.41, 5.74) is 11.7. The standard InChI is InChI=1S/C20H25N3O2/c1-14(15-6-5-7-17(21)12-15)22-23-19(24)13-25-18-10-8-16(9-11-18)20(2,3)4/h5-12H,13,21H2,1-4H3,(H,23,24). The zero-order valence-corrected chi connectivity index (χ0v) is 15.2. The summed E-state index contributed by atoms with van der Waals surface area (Å²) in [7, 11) is 0. The van der Waals surface area contributed by atoms with Gasteiger partial charge < -0.3 is 10.5 Å². The van der Waals surface area contributed by atoms with E-state index in [1.165, 1.54) is 5.56 Å². The number of carbonyl (C=O) groups is 1. The first-order chi connectivity index (χ1) is 11.8. The van der Waals surface area contributed by atoms with E-state index in [2.05, 4.69) is 31.3 Å². The molecule has 0 saturated carbocycles. The van der Waals surface area contributed by atoms with Crippen molar-refractivity contribution in [3.63, 3.8) is 0 Å². The number of hydrogen-bond donors (Lipinski definition) is 2. The van der Waals surface area contributed by atoms with Gasteiger partial charge in [-0.15, -0.1) is 0 Å². The minimum absolute atomic E-state index is 0.0863. The van der Waals surface area contributed by atoms with Gasteiger partial charge >= 0.3 is 0 Å². The number of rotatable bonds is 5. The lowest BCUT2D eigenvalue weighted by molar-refractivity contribution is -0.123. The van der Waals surface area contributed by atoms with E-state index < -0.39 is 0 Å². The van der Waals surface area contributed by atoms with Crippen molar-refractivity contribution in [2.45, 2.75) is 33.1 Å². The monoisotopic (exact) mass is 339 g/mol. The van der Waals surface area contributed by atoms with Crippen molar-refractivity contribution in [2.24, 2.45) is 5.10 Å². The van der Waals surface area contributed by atoms with E-state index in [0.29, 0.717) is 17.1 Å². The van der Waals surface area contributed by atoms with Gasteiger partial charge in [0.05, 0.1) is 5.71 Å². The lowest BCUT2D eigenvalue weighted by atomic mass is 9.87. The number of carbonyl (C=O) groups excluding carboxylic acids is 1. The molecule has 132 valence electrons. The van der Waals surface area contributed by atoms with Crippen molar-refractivity contribution >= 4 is 17.3 Å². The lowest BCUT2D eigenvalue weighted by Crippen LogP contribution is -2.25. The Morgan fingerprint density at radius 1 is 1.16 bits per heavy atom. The highest BCUT2D eigenvalue weighted by Crippen LogP contribution is 2.24. The normalized spacial score (nSPS) is 11.9. The van der Waals surface area contributed by atoms with Crippen LogP contribution in [0.4, 0.5) is 5.69 Å². The molecule has 2 aromatic carbocycles. The van der Waals surface area contributed by atoms with E-state index in [0.717, 1.165) is 5.56 Å². The number of nitrogens with one attached hydrogen (secondary N) is 1. The average Bonchev–Trinajstić information content (AvgIpc) is 2.57. The molecule has 2 rings (SSSR count). The third kappa shape index (κ3) is 5.64. The van der Waals surface area contributed by atoms with Crippen molar-refractivity contribution in [2.75, 3.05) is 12.3 Å². The predicted molar refractivity (Wildman–Crippen MR) is 102 cm³/mol. The van der Waals surface area contributed by atoms with Crippen molar-refractivity contribution < 1.29 is 9.53 Å². The maximum Gasteiger partial charge on any atom is 0.277 e. The van der Waals surface area contributed by atoms with Crippen LogP contribution in [0.2, 0.25) is 0 Å². The average molecular weight is 339 g/mol. The molecule has 0 fully saturated rings. The van der Waals surface area contributed by atoms with Gasteiger partial charge in [0, 0.05) is 5.69 Å². The van der Waals surface area contributed by atoms with Crippen LogP contribution >= 0.6 is 0 Å². The second-order valence-corrected chi connectivity index (χ2v) is 6.92. The molecule has 1 amide bonds. The molecule has 0 aliphatic carbocycles. The Hall–Kier alpha value is -2.82. The summed E-state index contributed by atoms with van der Waals surface area (Å²) in [5.74, 6) is 0.336. The molecule has 0 aliphatic heterocycles. The fraction of sp³-hybridized carbons (Fsp3) is 0.300. The summed E-state index contributed by atoms with van der Waals surface area (Å²) in [5, 5.41) is 4.08. The SMILES string of the molecule is CC(=NNC(=O)COc1ccc(C(C)(C)C)cc1)c1cccc(N)c1. The molecule has 0 saturated heterocycles. The van der Waals surface area contributed by atoms with Gasteiger partial charge in [-0.3, -0.25) is 4.79 Å². The van der Waals surface area contributed by atoms with Gasteiger partial charge in [-0.25, -0.2) is 5.43 Å². The Labute approximate surface area is 148 Å². The van der Waals surface area contributed by atoms with Gasteiger partial charge in [0.25, 0.3) is 5.91 Å². The minimum Gasteiger partial charge on any atom is -0.484 e. The third-order valence-electron chi connectivity index (χ3n) is 3.74. The highest BCUT2D eigenvalue weighted by Gasteiger charge is 2.13. The fourth-order valence-corrected chi connectivity index (χ4v) is 2.21. The van der Waals surface area contributed by atoms with E-state index in [-0.39, 0.29) is 17.9 Å². The number of benzene rings is 2. The van der Waals surface area contributed by atoms with Crippen molar-refractivity contribution in [1.82, 2.24) is 5.43 Å². The van der Waals surface area contributed by atoms with Crippen molar-refractivity contribution in [3.8, 4) is 5.75 Å². The first kappa shape index (κ1) is 18.5. The Bertz CT molecular complexity index is 759. The number of hydrazone groups is 1. The number of nitrogens with zero attached hydrogens (tertiary/aromatic N) is 1. The molecule has 0 atom stereocenters. The first-order valence-corrected chi connectivity index (χ1v) is 8.18. The van der Waals surface area contributed by atoms with Crippen LogP contribution in [0.5, 0.6) is 5.75 Å². The molecular weight excluding hydrogens is 314 g/mol. The molecule has 0 aromatic heterocycles. The molecule has 5 heteroatoms. The number of nitrogens with two attached hydrogens (primary N) is 1. The minimum atomic E-state index is -0.317. The summed E-state index contributed by atoms with van der Waals surface area (Å²) in [6, 6.07) is 15.1. The van der Waals surface area contributed by atoms with E-state index >= 15 is 0 Å². The third-order valence-corrected chi connectivity index (χ3v) is 3.74. The van der Waals surface area contributed by atoms with Crippen LogP contribution in [-0.4, -0.2) is 18.2 Å². The smallest absolute Gasteiger partial charge is 0.277 e. The molecule has 0 unspecified atom stereocenters. The zero-order chi connectivity index (χ0) is 18.4. The topological polar surface area (TPSA) is 76.7 Å². The predicted octanol–water partition coefficient (Wildman–Crippen LogP) is 3.49. The Morgan fingerprint density at radius 3 is 2.44 bits per heavy atom. The zero-order valence-electron chi connectivity index (χ0n) is 15.2.